The van der Waals surface area contributed by atoms with E-state index in [0.717, 1.165) is 23.6 Å². The van der Waals surface area contributed by atoms with Gasteiger partial charge in [-0.25, -0.2) is 9.18 Å². The van der Waals surface area contributed by atoms with Crippen LogP contribution in [0.25, 0.3) is 20.2 Å². The Hall–Kier alpha value is -2.77. The molecule has 1 aromatic heterocycles. The summed E-state index contributed by atoms with van der Waals surface area (Å²) in [5.74, 6) is -0.387. The zero-order chi connectivity index (χ0) is 22.2. The van der Waals surface area contributed by atoms with Gasteiger partial charge >= 0.3 is 5.97 Å². The summed E-state index contributed by atoms with van der Waals surface area (Å²) in [6.07, 6.45) is 3.31. The first-order valence-electron chi connectivity index (χ1n) is 10.2. The highest BCUT2D eigenvalue weighted by atomic mass is 32.1. The lowest BCUT2D eigenvalue weighted by Gasteiger charge is -2.12. The molecule has 0 saturated heterocycles. The van der Waals surface area contributed by atoms with E-state index in [1.54, 1.807) is 25.1 Å². The van der Waals surface area contributed by atoms with Crippen molar-refractivity contribution in [3.8, 4) is 5.75 Å². The molecule has 1 heterocycles. The zero-order valence-corrected chi connectivity index (χ0v) is 18.3. The molecule has 31 heavy (non-hydrogen) atoms. The fourth-order valence-corrected chi connectivity index (χ4v) is 4.27. The number of esters is 1. The predicted octanol–water partition coefficient (Wildman–Crippen LogP) is 5.16. The van der Waals surface area contributed by atoms with Gasteiger partial charge < -0.3 is 14.2 Å². The number of carbonyl (C=O) groups excluding carboxylic acids is 1. The van der Waals surface area contributed by atoms with Crippen LogP contribution in [0.15, 0.2) is 47.8 Å². The van der Waals surface area contributed by atoms with E-state index < -0.39 is 11.8 Å². The number of benzene rings is 2. The number of hydrogen-bond donors (Lipinski definition) is 0. The highest BCUT2D eigenvalue weighted by Gasteiger charge is 2.17. The Kier molecular flexibility index (Phi) is 8.14. The van der Waals surface area contributed by atoms with Crippen molar-refractivity contribution in [2.45, 2.75) is 26.2 Å². The SMILES string of the molecule is C=CC(=O)OCCCCOCCCOc1cc(C)c(F)c2c(=O)c3ccccc3sc12. The van der Waals surface area contributed by atoms with Crippen molar-refractivity contribution in [3.05, 3.63) is 64.6 Å². The average Bonchev–Trinajstić information content (AvgIpc) is 2.78. The van der Waals surface area contributed by atoms with E-state index in [9.17, 15) is 14.0 Å². The largest absolute Gasteiger partial charge is 0.492 e. The van der Waals surface area contributed by atoms with Crippen molar-refractivity contribution >= 4 is 37.5 Å². The van der Waals surface area contributed by atoms with Crippen molar-refractivity contribution in [2.24, 2.45) is 0 Å². The number of ether oxygens (including phenoxy) is 3. The average molecular weight is 445 g/mol. The van der Waals surface area contributed by atoms with E-state index in [-0.39, 0.29) is 10.8 Å². The second-order valence-electron chi connectivity index (χ2n) is 7.03. The van der Waals surface area contributed by atoms with Crippen LogP contribution in [0.5, 0.6) is 5.75 Å². The Bertz CT molecular complexity index is 1140. The van der Waals surface area contributed by atoms with E-state index >= 15 is 0 Å². The number of halogens is 1. The van der Waals surface area contributed by atoms with Gasteiger partial charge in [0.15, 0.2) is 5.43 Å². The molecule has 0 N–H and O–H groups in total. The standard InChI is InChI=1S/C24H25FO5S/c1-3-20(26)30-13-7-6-11-28-12-8-14-29-18-15-16(2)22(25)21-23(27)17-9-4-5-10-19(17)31-24(18)21/h3-5,9-10,15H,1,6-8,11-14H2,2H3. The molecule has 2 aromatic carbocycles. The Balaban J connectivity index is 1.55. The fourth-order valence-electron chi connectivity index (χ4n) is 3.13. The molecule has 3 rings (SSSR count). The monoisotopic (exact) mass is 444 g/mol. The van der Waals surface area contributed by atoms with Crippen LogP contribution >= 0.6 is 11.3 Å². The number of fused-ring (bicyclic) bond motifs is 2. The lowest BCUT2D eigenvalue weighted by atomic mass is 10.1. The molecule has 0 saturated carbocycles. The van der Waals surface area contributed by atoms with Crippen LogP contribution in [0.2, 0.25) is 0 Å². The van der Waals surface area contributed by atoms with Gasteiger partial charge in [0.2, 0.25) is 0 Å². The predicted molar refractivity (Wildman–Crippen MR) is 122 cm³/mol. The van der Waals surface area contributed by atoms with E-state index in [2.05, 4.69) is 6.58 Å². The molecule has 3 aromatic rings. The molecule has 164 valence electrons. The summed E-state index contributed by atoms with van der Waals surface area (Å²) in [5.41, 5.74) is 0.0768. The lowest BCUT2D eigenvalue weighted by molar-refractivity contribution is -0.137. The molecule has 0 bridgehead atoms. The molecule has 0 aliphatic carbocycles. The molecular formula is C24H25FO5S. The van der Waals surface area contributed by atoms with Gasteiger partial charge in [0.1, 0.15) is 11.6 Å². The van der Waals surface area contributed by atoms with Crippen molar-refractivity contribution in [1.82, 2.24) is 0 Å². The minimum atomic E-state index is -0.489. The normalized spacial score (nSPS) is 11.0. The molecular weight excluding hydrogens is 419 g/mol. The summed E-state index contributed by atoms with van der Waals surface area (Å²) in [6.45, 7) is 6.81. The summed E-state index contributed by atoms with van der Waals surface area (Å²) in [7, 11) is 0. The van der Waals surface area contributed by atoms with Gasteiger partial charge in [0.05, 0.1) is 23.3 Å². The summed E-state index contributed by atoms with van der Waals surface area (Å²) < 4.78 is 32.4. The second-order valence-corrected chi connectivity index (χ2v) is 8.08. The second kappa shape index (κ2) is 11.0. The fraction of sp³-hybridized carbons (Fsp3) is 0.333. The maximum Gasteiger partial charge on any atom is 0.330 e. The van der Waals surface area contributed by atoms with Gasteiger partial charge in [0, 0.05) is 35.8 Å². The van der Waals surface area contributed by atoms with Gasteiger partial charge in [-0.15, -0.1) is 11.3 Å². The minimum absolute atomic E-state index is 0.0899. The summed E-state index contributed by atoms with van der Waals surface area (Å²) in [4.78, 5) is 23.8. The van der Waals surface area contributed by atoms with Gasteiger partial charge in [-0.05, 0) is 43.5 Å². The van der Waals surface area contributed by atoms with Crippen molar-refractivity contribution in [3.63, 3.8) is 0 Å². The van der Waals surface area contributed by atoms with Crippen LogP contribution in [0, 0.1) is 12.7 Å². The van der Waals surface area contributed by atoms with Crippen LogP contribution in [0.4, 0.5) is 4.39 Å². The van der Waals surface area contributed by atoms with Crippen LogP contribution < -0.4 is 10.2 Å². The smallest absolute Gasteiger partial charge is 0.330 e. The van der Waals surface area contributed by atoms with Crippen LogP contribution in [0.3, 0.4) is 0 Å². The van der Waals surface area contributed by atoms with Gasteiger partial charge in [-0.1, -0.05) is 18.7 Å². The molecule has 0 aliphatic heterocycles. The summed E-state index contributed by atoms with van der Waals surface area (Å²) in [5, 5.41) is 0.607. The number of unbranched alkanes of at least 4 members (excludes halogenated alkanes) is 1. The number of rotatable bonds is 11. The molecule has 7 heteroatoms. The van der Waals surface area contributed by atoms with Gasteiger partial charge in [-0.2, -0.15) is 0 Å². The third kappa shape index (κ3) is 5.68. The topological polar surface area (TPSA) is 61.8 Å². The molecule has 0 unspecified atom stereocenters. The van der Waals surface area contributed by atoms with Crippen molar-refractivity contribution in [2.75, 3.05) is 26.4 Å². The van der Waals surface area contributed by atoms with E-state index in [4.69, 9.17) is 14.2 Å². The van der Waals surface area contributed by atoms with E-state index in [1.165, 1.54) is 11.3 Å². The molecule has 0 radical (unpaired) electrons. The first kappa shape index (κ1) is 22.9. The molecule has 0 atom stereocenters. The highest BCUT2D eigenvalue weighted by Crippen LogP contribution is 2.35. The Morgan fingerprint density at radius 2 is 1.87 bits per heavy atom. The number of carbonyl (C=O) groups is 1. The maximum atomic E-state index is 14.7. The maximum absolute atomic E-state index is 14.7. The molecule has 0 fully saturated rings. The Labute approximate surface area is 184 Å². The van der Waals surface area contributed by atoms with Crippen LogP contribution in [0.1, 0.15) is 24.8 Å². The van der Waals surface area contributed by atoms with Crippen molar-refractivity contribution < 1.29 is 23.4 Å². The number of aryl methyl sites for hydroxylation is 1. The lowest BCUT2D eigenvalue weighted by Crippen LogP contribution is -2.08. The Morgan fingerprint density at radius 1 is 1.13 bits per heavy atom. The summed E-state index contributed by atoms with van der Waals surface area (Å²) in [6, 6.07) is 8.86. The van der Waals surface area contributed by atoms with Gasteiger partial charge in [0.25, 0.3) is 0 Å². The molecule has 0 amide bonds. The molecule has 0 aliphatic rings. The first-order chi connectivity index (χ1) is 15.0. The molecule has 5 nitrogen and oxygen atoms in total. The minimum Gasteiger partial charge on any atom is -0.492 e. The van der Waals surface area contributed by atoms with Crippen LogP contribution in [-0.4, -0.2) is 32.4 Å². The van der Waals surface area contributed by atoms with Gasteiger partial charge in [-0.3, -0.25) is 4.79 Å². The highest BCUT2D eigenvalue weighted by molar-refractivity contribution is 7.24. The number of hydrogen-bond acceptors (Lipinski definition) is 6. The third-order valence-corrected chi connectivity index (χ3v) is 5.90. The Morgan fingerprint density at radius 3 is 2.68 bits per heavy atom. The third-order valence-electron chi connectivity index (χ3n) is 4.72. The molecule has 0 spiro atoms. The summed E-state index contributed by atoms with van der Waals surface area (Å²) >= 11 is 1.36. The quantitative estimate of drug-likeness (QED) is 0.177. The van der Waals surface area contributed by atoms with E-state index in [1.807, 2.05) is 12.1 Å². The van der Waals surface area contributed by atoms with Crippen molar-refractivity contribution in [1.29, 1.82) is 0 Å². The first-order valence-corrected chi connectivity index (χ1v) is 11.0. The van der Waals surface area contributed by atoms with Crippen LogP contribution in [-0.2, 0) is 14.3 Å². The van der Waals surface area contributed by atoms with E-state index in [0.29, 0.717) is 54.2 Å². The zero-order valence-electron chi connectivity index (χ0n) is 17.4.